The van der Waals surface area contributed by atoms with Gasteiger partial charge in [-0.05, 0) is 23.8 Å². The van der Waals surface area contributed by atoms with Crippen molar-refractivity contribution in [2.24, 2.45) is 0 Å². The first-order chi connectivity index (χ1) is 10.9. The molecule has 3 aromatic heterocycles. The van der Waals surface area contributed by atoms with E-state index >= 15 is 0 Å². The number of aromatic nitrogens is 3. The quantitative estimate of drug-likeness (QED) is 0.615. The molecule has 0 aliphatic carbocycles. The number of pyridine rings is 2. The molecule has 4 heteroatoms. The highest BCUT2D eigenvalue weighted by Crippen LogP contribution is 2.27. The Labute approximate surface area is 128 Å². The Balaban J connectivity index is 1.84. The molecule has 106 valence electrons. The fraction of sp³-hybridized carbons (Fsp3) is 0. The Bertz CT molecular complexity index is 898. The van der Waals surface area contributed by atoms with E-state index in [0.717, 1.165) is 22.7 Å². The monoisotopic (exact) mass is 286 g/mol. The van der Waals surface area contributed by atoms with Gasteiger partial charge in [-0.2, -0.15) is 0 Å². The molecule has 0 saturated heterocycles. The summed E-state index contributed by atoms with van der Waals surface area (Å²) in [4.78, 5) is 8.74. The van der Waals surface area contributed by atoms with E-state index < -0.39 is 0 Å². The van der Waals surface area contributed by atoms with Crippen LogP contribution in [0.3, 0.4) is 0 Å². The molecule has 0 amide bonds. The third-order valence-electron chi connectivity index (χ3n) is 3.52. The Morgan fingerprint density at radius 1 is 0.818 bits per heavy atom. The van der Waals surface area contributed by atoms with E-state index in [1.807, 2.05) is 47.0 Å². The van der Waals surface area contributed by atoms with Crippen molar-refractivity contribution in [1.82, 2.24) is 14.4 Å². The van der Waals surface area contributed by atoms with E-state index in [9.17, 15) is 0 Å². The summed E-state index contributed by atoms with van der Waals surface area (Å²) in [6.07, 6.45) is 7.60. The van der Waals surface area contributed by atoms with Crippen molar-refractivity contribution in [3.63, 3.8) is 0 Å². The second-order valence-electron chi connectivity index (χ2n) is 5.01. The largest absolute Gasteiger partial charge is 0.337 e. The highest BCUT2D eigenvalue weighted by atomic mass is 15.1. The Hall–Kier alpha value is -3.14. The molecule has 0 aliphatic heterocycles. The predicted octanol–water partition coefficient (Wildman–Crippen LogP) is 4.14. The van der Waals surface area contributed by atoms with Crippen molar-refractivity contribution in [2.75, 3.05) is 5.32 Å². The van der Waals surface area contributed by atoms with Crippen LogP contribution >= 0.6 is 0 Å². The number of anilines is 2. The molecule has 1 aromatic carbocycles. The second-order valence-corrected chi connectivity index (χ2v) is 5.01. The van der Waals surface area contributed by atoms with Crippen LogP contribution in [-0.4, -0.2) is 14.4 Å². The molecule has 1 N–H and O–H groups in total. The molecule has 4 rings (SSSR count). The Kier molecular flexibility index (Phi) is 3.05. The molecule has 4 nitrogen and oxygen atoms in total. The van der Waals surface area contributed by atoms with Gasteiger partial charge >= 0.3 is 0 Å². The van der Waals surface area contributed by atoms with Crippen molar-refractivity contribution in [1.29, 1.82) is 0 Å². The summed E-state index contributed by atoms with van der Waals surface area (Å²) in [6.45, 7) is 0. The van der Waals surface area contributed by atoms with Gasteiger partial charge in [0.05, 0.1) is 5.69 Å². The van der Waals surface area contributed by atoms with E-state index in [1.54, 1.807) is 12.4 Å². The second kappa shape index (κ2) is 5.33. The van der Waals surface area contributed by atoms with E-state index in [1.165, 1.54) is 5.56 Å². The van der Waals surface area contributed by atoms with Crippen LogP contribution in [0.15, 0.2) is 79.4 Å². The van der Waals surface area contributed by atoms with Crippen molar-refractivity contribution in [2.45, 2.75) is 0 Å². The molecule has 0 fully saturated rings. The van der Waals surface area contributed by atoms with Crippen LogP contribution in [0, 0.1) is 0 Å². The Morgan fingerprint density at radius 3 is 2.50 bits per heavy atom. The predicted molar refractivity (Wildman–Crippen MR) is 88.1 cm³/mol. The third-order valence-corrected chi connectivity index (χ3v) is 3.52. The number of nitrogens with zero attached hydrogens (tertiary/aromatic N) is 3. The number of benzene rings is 1. The number of hydrogen-bond acceptors (Lipinski definition) is 3. The van der Waals surface area contributed by atoms with E-state index in [4.69, 9.17) is 0 Å². The van der Waals surface area contributed by atoms with Gasteiger partial charge in [-0.1, -0.05) is 36.4 Å². The van der Waals surface area contributed by atoms with Gasteiger partial charge < -0.3 is 9.72 Å². The molecule has 0 radical (unpaired) electrons. The molecular formula is C18H14N4. The summed E-state index contributed by atoms with van der Waals surface area (Å²) >= 11 is 0. The summed E-state index contributed by atoms with van der Waals surface area (Å²) in [5, 5.41) is 3.35. The maximum atomic E-state index is 4.42. The minimum atomic E-state index is 0.803. The zero-order chi connectivity index (χ0) is 14.8. The summed E-state index contributed by atoms with van der Waals surface area (Å²) in [7, 11) is 0. The smallest absolute Gasteiger partial charge is 0.160 e. The third kappa shape index (κ3) is 2.31. The lowest BCUT2D eigenvalue weighted by Crippen LogP contribution is -1.97. The molecule has 4 aromatic rings. The highest BCUT2D eigenvalue weighted by molar-refractivity contribution is 5.79. The standard InChI is InChI=1S/C18H14N4/c1-2-6-14(7-3-1)15-12-16(18-20-10-11-22(18)13-15)21-17-8-4-5-9-19-17/h1-13H,(H,19,21). The maximum absolute atomic E-state index is 4.42. The first kappa shape index (κ1) is 12.6. The molecule has 22 heavy (non-hydrogen) atoms. The van der Waals surface area contributed by atoms with Gasteiger partial charge in [-0.15, -0.1) is 0 Å². The minimum absolute atomic E-state index is 0.803. The lowest BCUT2D eigenvalue weighted by Gasteiger charge is -2.10. The van der Waals surface area contributed by atoms with Crippen molar-refractivity contribution in [3.05, 3.63) is 79.4 Å². The van der Waals surface area contributed by atoms with Crippen LogP contribution in [0.1, 0.15) is 0 Å². The molecule has 0 unspecified atom stereocenters. The average molecular weight is 286 g/mol. The summed E-state index contributed by atoms with van der Waals surface area (Å²) in [6, 6.07) is 18.2. The van der Waals surface area contributed by atoms with Crippen LogP contribution in [-0.2, 0) is 0 Å². The van der Waals surface area contributed by atoms with Gasteiger partial charge in [0.1, 0.15) is 5.82 Å². The van der Waals surface area contributed by atoms with Gasteiger partial charge in [-0.3, -0.25) is 0 Å². The van der Waals surface area contributed by atoms with E-state index in [0.29, 0.717) is 0 Å². The summed E-state index contributed by atoms with van der Waals surface area (Å²) in [5.41, 5.74) is 4.11. The molecule has 0 aliphatic rings. The van der Waals surface area contributed by atoms with Crippen molar-refractivity contribution in [3.8, 4) is 11.1 Å². The number of rotatable bonds is 3. The lowest BCUT2D eigenvalue weighted by atomic mass is 10.1. The maximum Gasteiger partial charge on any atom is 0.160 e. The van der Waals surface area contributed by atoms with Crippen LogP contribution in [0.4, 0.5) is 11.5 Å². The van der Waals surface area contributed by atoms with Crippen LogP contribution < -0.4 is 5.32 Å². The molecule has 3 heterocycles. The fourth-order valence-corrected chi connectivity index (χ4v) is 2.49. The SMILES string of the molecule is c1ccc(-c2cc(Nc3ccccn3)c3nccn3c2)cc1. The molecule has 0 saturated carbocycles. The normalized spacial score (nSPS) is 10.7. The first-order valence-electron chi connectivity index (χ1n) is 7.10. The van der Waals surface area contributed by atoms with Gasteiger partial charge in [0, 0.05) is 30.4 Å². The Morgan fingerprint density at radius 2 is 1.68 bits per heavy atom. The fourth-order valence-electron chi connectivity index (χ4n) is 2.49. The molecule has 0 spiro atoms. The van der Waals surface area contributed by atoms with Crippen molar-refractivity contribution < 1.29 is 0 Å². The van der Waals surface area contributed by atoms with Crippen LogP contribution in [0.5, 0.6) is 0 Å². The topological polar surface area (TPSA) is 42.2 Å². The molecular weight excluding hydrogens is 272 g/mol. The number of fused-ring (bicyclic) bond motifs is 1. The molecule has 0 atom stereocenters. The number of hydrogen-bond donors (Lipinski definition) is 1. The number of nitrogens with one attached hydrogen (secondary N) is 1. The zero-order valence-electron chi connectivity index (χ0n) is 11.8. The van der Waals surface area contributed by atoms with Gasteiger partial charge in [-0.25, -0.2) is 9.97 Å². The zero-order valence-corrected chi connectivity index (χ0v) is 11.8. The lowest BCUT2D eigenvalue weighted by molar-refractivity contribution is 1.18. The first-order valence-corrected chi connectivity index (χ1v) is 7.10. The number of imidazole rings is 1. The van der Waals surface area contributed by atoms with Gasteiger partial charge in [0.15, 0.2) is 5.65 Å². The van der Waals surface area contributed by atoms with E-state index in [2.05, 4.69) is 39.7 Å². The van der Waals surface area contributed by atoms with E-state index in [-0.39, 0.29) is 0 Å². The highest BCUT2D eigenvalue weighted by Gasteiger charge is 2.07. The average Bonchev–Trinajstić information content (AvgIpc) is 3.05. The van der Waals surface area contributed by atoms with Crippen LogP contribution in [0.2, 0.25) is 0 Å². The van der Waals surface area contributed by atoms with Crippen molar-refractivity contribution >= 4 is 17.2 Å². The summed E-state index contributed by atoms with van der Waals surface area (Å²) < 4.78 is 2.02. The molecule has 0 bridgehead atoms. The van der Waals surface area contributed by atoms with Crippen LogP contribution in [0.25, 0.3) is 16.8 Å². The van der Waals surface area contributed by atoms with Gasteiger partial charge in [0.25, 0.3) is 0 Å². The minimum Gasteiger partial charge on any atom is -0.337 e. The van der Waals surface area contributed by atoms with Gasteiger partial charge in [0.2, 0.25) is 0 Å². The summed E-state index contributed by atoms with van der Waals surface area (Å²) in [5.74, 6) is 0.803.